The Morgan fingerprint density at radius 2 is 1.92 bits per heavy atom. The van der Waals surface area contributed by atoms with Gasteiger partial charge in [-0.25, -0.2) is 13.8 Å². The van der Waals surface area contributed by atoms with E-state index in [0.717, 1.165) is 36.5 Å². The van der Waals surface area contributed by atoms with Crippen LogP contribution in [0.3, 0.4) is 0 Å². The molecule has 8 heteroatoms. The normalized spacial score (nSPS) is 21.4. The quantitative estimate of drug-likeness (QED) is 0.380. The molecule has 0 spiro atoms. The molecule has 0 unspecified atom stereocenters. The summed E-state index contributed by atoms with van der Waals surface area (Å²) in [5.41, 5.74) is 1.46. The molecule has 6 nitrogen and oxygen atoms in total. The highest BCUT2D eigenvalue weighted by atomic mass is 19.1. The van der Waals surface area contributed by atoms with Gasteiger partial charge in [-0.05, 0) is 42.4 Å². The van der Waals surface area contributed by atoms with Crippen LogP contribution in [-0.2, 0) is 34.7 Å². The van der Waals surface area contributed by atoms with Gasteiger partial charge in [0.1, 0.15) is 23.8 Å². The minimum Gasteiger partial charge on any atom is -0.460 e. The number of carbonyl (C=O) groups excluding carboxylic acids is 1. The van der Waals surface area contributed by atoms with Gasteiger partial charge in [-0.3, -0.25) is 9.59 Å². The van der Waals surface area contributed by atoms with Gasteiger partial charge in [0.05, 0.1) is 35.4 Å². The first kappa shape index (κ1) is 24.2. The second kappa shape index (κ2) is 9.01. The number of hydrogen-bond donors (Lipinski definition) is 1. The van der Waals surface area contributed by atoms with E-state index in [9.17, 15) is 19.1 Å². The van der Waals surface area contributed by atoms with Crippen LogP contribution >= 0.6 is 0 Å². The average Bonchev–Trinajstić information content (AvgIpc) is 3.18. The molecule has 0 saturated heterocycles. The van der Waals surface area contributed by atoms with E-state index in [0.29, 0.717) is 34.7 Å². The number of carbonyl (C=O) groups is 1. The third-order valence-electron chi connectivity index (χ3n) is 8.61. The molecule has 1 aliphatic carbocycles. The van der Waals surface area contributed by atoms with Crippen molar-refractivity contribution in [2.75, 3.05) is 0 Å². The van der Waals surface area contributed by atoms with Crippen molar-refractivity contribution in [1.29, 1.82) is 0 Å². The van der Waals surface area contributed by atoms with Crippen LogP contribution in [0.25, 0.3) is 22.3 Å². The number of cyclic esters (lactones) is 1. The molecule has 2 aliphatic heterocycles. The molecule has 1 atom stereocenters. The van der Waals surface area contributed by atoms with E-state index in [-0.39, 0.29) is 42.6 Å². The summed E-state index contributed by atoms with van der Waals surface area (Å²) in [5.74, 6) is -1.35. The number of nitrogens with zero attached hydrogens (tertiary/aromatic N) is 2. The van der Waals surface area contributed by atoms with E-state index in [4.69, 9.17) is 4.74 Å². The Bertz CT molecular complexity index is 1490. The standard InChI is InChI=1S/C29H30F2N2O4/c1-2-29(36)13-25(34)37-15-20-21(29)12-24-27-19(14-33(24)28(20)35)18(9-8-16-6-4-3-5-7-16)26-22(31)10-17(30)11-23(26)32-27/h10-12,16,36H,2-9,13-15H2,1H3/t29-/m1/s1. The molecule has 3 aliphatic rings. The van der Waals surface area contributed by atoms with Gasteiger partial charge in [0.15, 0.2) is 0 Å². The molecular weight excluding hydrogens is 478 g/mol. The summed E-state index contributed by atoms with van der Waals surface area (Å²) in [6, 6.07) is 3.85. The Hall–Kier alpha value is -3.13. The Balaban J connectivity index is 1.54. The first-order valence-corrected chi connectivity index (χ1v) is 13.2. The van der Waals surface area contributed by atoms with Crippen LogP contribution in [0.2, 0.25) is 0 Å². The number of benzene rings is 1. The first-order valence-electron chi connectivity index (χ1n) is 13.2. The second-order valence-electron chi connectivity index (χ2n) is 10.8. The molecule has 0 bridgehead atoms. The van der Waals surface area contributed by atoms with Gasteiger partial charge < -0.3 is 14.4 Å². The minimum absolute atomic E-state index is 0.203. The van der Waals surface area contributed by atoms with Crippen molar-refractivity contribution in [2.24, 2.45) is 5.92 Å². The summed E-state index contributed by atoms with van der Waals surface area (Å²) >= 11 is 0. The summed E-state index contributed by atoms with van der Waals surface area (Å²) in [6.07, 6.45) is 7.46. The van der Waals surface area contributed by atoms with Gasteiger partial charge in [-0.1, -0.05) is 39.0 Å². The van der Waals surface area contributed by atoms with Crippen LogP contribution in [0.5, 0.6) is 0 Å². The van der Waals surface area contributed by atoms with Gasteiger partial charge >= 0.3 is 5.97 Å². The first-order chi connectivity index (χ1) is 17.8. The van der Waals surface area contributed by atoms with E-state index in [1.54, 1.807) is 17.6 Å². The number of hydrogen-bond acceptors (Lipinski definition) is 5. The van der Waals surface area contributed by atoms with Gasteiger partial charge in [0.25, 0.3) is 5.56 Å². The van der Waals surface area contributed by atoms with Crippen LogP contribution in [0.4, 0.5) is 8.78 Å². The largest absolute Gasteiger partial charge is 0.460 e. The van der Waals surface area contributed by atoms with Crippen molar-refractivity contribution >= 4 is 16.9 Å². The smallest absolute Gasteiger partial charge is 0.309 e. The molecule has 2 aromatic heterocycles. The van der Waals surface area contributed by atoms with Crippen molar-refractivity contribution in [2.45, 2.75) is 83.5 Å². The Kier molecular flexibility index (Phi) is 5.90. The van der Waals surface area contributed by atoms with Gasteiger partial charge in [0, 0.05) is 23.1 Å². The average molecular weight is 509 g/mol. The molecular formula is C29H30F2N2O4. The fourth-order valence-electron chi connectivity index (χ4n) is 6.52. The van der Waals surface area contributed by atoms with Crippen molar-refractivity contribution < 1.29 is 23.4 Å². The predicted octanol–water partition coefficient (Wildman–Crippen LogP) is 5.26. The van der Waals surface area contributed by atoms with E-state index < -0.39 is 23.2 Å². The maximum atomic E-state index is 15.2. The maximum Gasteiger partial charge on any atom is 0.309 e. The lowest BCUT2D eigenvalue weighted by Gasteiger charge is -2.26. The third-order valence-corrected chi connectivity index (χ3v) is 8.61. The van der Waals surface area contributed by atoms with E-state index in [1.807, 2.05) is 0 Å². The number of rotatable bonds is 4. The summed E-state index contributed by atoms with van der Waals surface area (Å²) in [6.45, 7) is 1.74. The van der Waals surface area contributed by atoms with Gasteiger partial charge in [-0.15, -0.1) is 0 Å². The summed E-state index contributed by atoms with van der Waals surface area (Å²) < 4.78 is 36.3. The number of aromatic nitrogens is 2. The Morgan fingerprint density at radius 1 is 1.14 bits per heavy atom. The van der Waals surface area contributed by atoms with Crippen molar-refractivity contribution in [3.8, 4) is 11.4 Å². The van der Waals surface area contributed by atoms with Crippen molar-refractivity contribution in [3.63, 3.8) is 0 Å². The van der Waals surface area contributed by atoms with E-state index in [1.165, 1.54) is 25.3 Å². The fourth-order valence-corrected chi connectivity index (χ4v) is 6.52. The molecule has 3 aromatic rings. The molecule has 37 heavy (non-hydrogen) atoms. The van der Waals surface area contributed by atoms with Crippen LogP contribution < -0.4 is 5.56 Å². The number of ether oxygens (including phenoxy) is 1. The van der Waals surface area contributed by atoms with E-state index in [2.05, 4.69) is 4.98 Å². The SMILES string of the molecule is CC[C@@]1(O)CC(=O)OCc2c1cc1n(c2=O)Cc2c-1nc1cc(F)cc(F)c1c2CCC1CCCCC1. The summed E-state index contributed by atoms with van der Waals surface area (Å²) in [5, 5.41) is 11.7. The highest BCUT2D eigenvalue weighted by molar-refractivity contribution is 5.88. The molecule has 1 saturated carbocycles. The molecule has 1 fully saturated rings. The minimum atomic E-state index is -1.54. The maximum absolute atomic E-state index is 15.2. The molecule has 1 aromatic carbocycles. The lowest BCUT2D eigenvalue weighted by molar-refractivity contribution is -0.149. The zero-order valence-corrected chi connectivity index (χ0v) is 20.9. The monoisotopic (exact) mass is 508 g/mol. The number of halogens is 2. The molecule has 4 heterocycles. The van der Waals surface area contributed by atoms with Crippen LogP contribution in [0.15, 0.2) is 23.0 Å². The molecule has 0 radical (unpaired) electrons. The number of esters is 1. The number of pyridine rings is 2. The van der Waals surface area contributed by atoms with Crippen molar-refractivity contribution in [1.82, 2.24) is 9.55 Å². The lowest BCUT2D eigenvalue weighted by atomic mass is 9.84. The fraction of sp³-hybridized carbons (Fsp3) is 0.483. The lowest BCUT2D eigenvalue weighted by Crippen LogP contribution is -2.32. The highest BCUT2D eigenvalue weighted by Crippen LogP contribution is 2.41. The molecule has 1 N–H and O–H groups in total. The van der Waals surface area contributed by atoms with Crippen LogP contribution in [0, 0.1) is 17.6 Å². The topological polar surface area (TPSA) is 81.4 Å². The van der Waals surface area contributed by atoms with Crippen molar-refractivity contribution in [3.05, 3.63) is 62.4 Å². The summed E-state index contributed by atoms with van der Waals surface area (Å²) in [4.78, 5) is 30.5. The highest BCUT2D eigenvalue weighted by Gasteiger charge is 2.40. The Morgan fingerprint density at radius 3 is 2.68 bits per heavy atom. The van der Waals surface area contributed by atoms with Crippen LogP contribution in [-0.4, -0.2) is 20.6 Å². The van der Waals surface area contributed by atoms with E-state index >= 15 is 4.39 Å². The number of fused-ring (bicyclic) bond motifs is 5. The predicted molar refractivity (Wildman–Crippen MR) is 134 cm³/mol. The molecule has 6 rings (SSSR count). The summed E-state index contributed by atoms with van der Waals surface area (Å²) in [7, 11) is 0. The second-order valence-corrected chi connectivity index (χ2v) is 10.8. The van der Waals surface area contributed by atoms with Gasteiger partial charge in [-0.2, -0.15) is 0 Å². The zero-order valence-electron chi connectivity index (χ0n) is 20.9. The Labute approximate surface area is 213 Å². The molecule has 0 amide bonds. The number of aryl methyl sites for hydroxylation is 1. The van der Waals surface area contributed by atoms with Crippen LogP contribution in [0.1, 0.15) is 80.5 Å². The zero-order chi connectivity index (χ0) is 25.9. The molecule has 194 valence electrons. The third kappa shape index (κ3) is 3.97. The number of aliphatic hydroxyl groups is 1. The van der Waals surface area contributed by atoms with Gasteiger partial charge in [0.2, 0.25) is 0 Å².